The Labute approximate surface area is 144 Å². The van der Waals surface area contributed by atoms with Crippen LogP contribution in [0.15, 0.2) is 78.2 Å². The van der Waals surface area contributed by atoms with E-state index in [1.807, 2.05) is 72.1 Å². The van der Waals surface area contributed by atoms with Gasteiger partial charge in [0.25, 0.3) is 0 Å². The van der Waals surface area contributed by atoms with E-state index >= 15 is 0 Å². The van der Waals surface area contributed by atoms with Gasteiger partial charge in [-0.05, 0) is 35.7 Å². The number of benzene rings is 2. The van der Waals surface area contributed by atoms with Crippen molar-refractivity contribution in [3.8, 4) is 11.5 Å². The van der Waals surface area contributed by atoms with Crippen LogP contribution in [0.5, 0.6) is 11.5 Å². The van der Waals surface area contributed by atoms with Gasteiger partial charge < -0.3 is 9.47 Å². The standard InChI is InChI=1S/C20H16O3S/c21-20(13-12-18-10-6-14-24-18)22-15-16-7-4-5-11-19(16)23-17-8-2-1-3-9-17/h1-14H,15H2/b13-12+. The summed E-state index contributed by atoms with van der Waals surface area (Å²) in [6.07, 6.45) is 3.19. The van der Waals surface area contributed by atoms with Gasteiger partial charge in [0.05, 0.1) is 0 Å². The maximum absolute atomic E-state index is 11.8. The minimum Gasteiger partial charge on any atom is -0.458 e. The third-order valence-corrected chi connectivity index (χ3v) is 4.08. The molecule has 0 saturated heterocycles. The van der Waals surface area contributed by atoms with Gasteiger partial charge in [0.15, 0.2) is 0 Å². The molecule has 0 bridgehead atoms. The van der Waals surface area contributed by atoms with Crippen molar-refractivity contribution in [2.24, 2.45) is 0 Å². The normalized spacial score (nSPS) is 10.7. The van der Waals surface area contributed by atoms with Crippen molar-refractivity contribution >= 4 is 23.4 Å². The highest BCUT2D eigenvalue weighted by atomic mass is 32.1. The van der Waals surface area contributed by atoms with Crippen LogP contribution in [0, 0.1) is 0 Å². The van der Waals surface area contributed by atoms with Gasteiger partial charge in [0.2, 0.25) is 0 Å². The van der Waals surface area contributed by atoms with E-state index in [2.05, 4.69) is 0 Å². The first-order valence-corrected chi connectivity index (χ1v) is 8.38. The van der Waals surface area contributed by atoms with Crippen LogP contribution >= 0.6 is 11.3 Å². The van der Waals surface area contributed by atoms with Crippen LogP contribution in [-0.2, 0) is 16.1 Å². The molecule has 3 rings (SSSR count). The van der Waals surface area contributed by atoms with Crippen molar-refractivity contribution in [1.82, 2.24) is 0 Å². The van der Waals surface area contributed by atoms with Gasteiger partial charge in [-0.1, -0.05) is 42.5 Å². The van der Waals surface area contributed by atoms with Crippen molar-refractivity contribution in [3.63, 3.8) is 0 Å². The van der Waals surface area contributed by atoms with Crippen LogP contribution in [0.1, 0.15) is 10.4 Å². The Hall–Kier alpha value is -2.85. The highest BCUT2D eigenvalue weighted by Gasteiger charge is 2.06. The second-order valence-corrected chi connectivity index (χ2v) is 5.96. The van der Waals surface area contributed by atoms with Crippen molar-refractivity contribution in [2.45, 2.75) is 6.61 Å². The molecule has 0 N–H and O–H groups in total. The van der Waals surface area contributed by atoms with Crippen molar-refractivity contribution < 1.29 is 14.3 Å². The zero-order valence-corrected chi connectivity index (χ0v) is 13.7. The fraction of sp³-hybridized carbons (Fsp3) is 0.0500. The second kappa shape index (κ2) is 8.13. The third kappa shape index (κ3) is 4.57. The summed E-state index contributed by atoms with van der Waals surface area (Å²) in [6.45, 7) is 0.163. The van der Waals surface area contributed by atoms with Crippen molar-refractivity contribution in [1.29, 1.82) is 0 Å². The zero-order chi connectivity index (χ0) is 16.6. The first-order chi connectivity index (χ1) is 11.8. The van der Waals surface area contributed by atoms with Crippen LogP contribution in [0.3, 0.4) is 0 Å². The molecule has 120 valence electrons. The van der Waals surface area contributed by atoms with Crippen LogP contribution < -0.4 is 4.74 Å². The molecular formula is C20H16O3S. The van der Waals surface area contributed by atoms with Crippen molar-refractivity contribution in [3.05, 3.63) is 88.6 Å². The molecule has 0 spiro atoms. The number of rotatable bonds is 6. The summed E-state index contributed by atoms with van der Waals surface area (Å²) in [7, 11) is 0. The lowest BCUT2D eigenvalue weighted by molar-refractivity contribution is -0.138. The Balaban J connectivity index is 1.62. The molecule has 0 radical (unpaired) electrons. The molecule has 3 aromatic rings. The number of esters is 1. The van der Waals surface area contributed by atoms with E-state index in [4.69, 9.17) is 9.47 Å². The maximum atomic E-state index is 11.8. The van der Waals surface area contributed by atoms with Gasteiger partial charge in [-0.3, -0.25) is 0 Å². The summed E-state index contributed by atoms with van der Waals surface area (Å²) < 4.78 is 11.2. The lowest BCUT2D eigenvalue weighted by atomic mass is 10.2. The molecule has 0 aliphatic rings. The zero-order valence-electron chi connectivity index (χ0n) is 12.9. The molecular weight excluding hydrogens is 320 g/mol. The van der Waals surface area contributed by atoms with E-state index in [1.54, 1.807) is 17.4 Å². The second-order valence-electron chi connectivity index (χ2n) is 4.98. The number of para-hydroxylation sites is 2. The molecule has 1 heterocycles. The molecule has 24 heavy (non-hydrogen) atoms. The molecule has 0 aliphatic heterocycles. The van der Waals surface area contributed by atoms with Gasteiger partial charge in [-0.15, -0.1) is 11.3 Å². The summed E-state index contributed by atoms with van der Waals surface area (Å²) >= 11 is 1.57. The lowest BCUT2D eigenvalue weighted by Crippen LogP contribution is -2.02. The van der Waals surface area contributed by atoms with E-state index in [0.717, 1.165) is 16.2 Å². The average Bonchev–Trinajstić information content (AvgIpc) is 3.14. The molecule has 0 atom stereocenters. The predicted octanol–water partition coefficient (Wildman–Crippen LogP) is 5.30. The highest BCUT2D eigenvalue weighted by Crippen LogP contribution is 2.25. The summed E-state index contributed by atoms with van der Waals surface area (Å²) in [4.78, 5) is 12.8. The number of hydrogen-bond donors (Lipinski definition) is 0. The number of carbonyl (C=O) groups is 1. The molecule has 2 aromatic carbocycles. The van der Waals surface area contributed by atoms with Gasteiger partial charge >= 0.3 is 5.97 Å². The summed E-state index contributed by atoms with van der Waals surface area (Å²) in [5.74, 6) is 1.05. The van der Waals surface area contributed by atoms with Gasteiger partial charge in [0, 0.05) is 16.5 Å². The number of ether oxygens (including phenoxy) is 2. The molecule has 3 nitrogen and oxygen atoms in total. The molecule has 1 aromatic heterocycles. The number of thiophene rings is 1. The van der Waals surface area contributed by atoms with E-state index in [1.165, 1.54) is 6.08 Å². The number of hydrogen-bond acceptors (Lipinski definition) is 4. The van der Waals surface area contributed by atoms with E-state index in [0.29, 0.717) is 5.75 Å². The maximum Gasteiger partial charge on any atom is 0.331 e. The quantitative estimate of drug-likeness (QED) is 0.453. The topological polar surface area (TPSA) is 35.5 Å². The Morgan fingerprint density at radius 3 is 2.54 bits per heavy atom. The predicted molar refractivity (Wildman–Crippen MR) is 96.1 cm³/mol. The third-order valence-electron chi connectivity index (χ3n) is 3.24. The fourth-order valence-electron chi connectivity index (χ4n) is 2.07. The molecule has 0 saturated carbocycles. The van der Waals surface area contributed by atoms with Crippen LogP contribution in [0.4, 0.5) is 0 Å². The Bertz CT molecular complexity index is 808. The van der Waals surface area contributed by atoms with Gasteiger partial charge in [-0.2, -0.15) is 0 Å². The van der Waals surface area contributed by atoms with Crippen LogP contribution in [0.2, 0.25) is 0 Å². The fourth-order valence-corrected chi connectivity index (χ4v) is 2.69. The Morgan fingerprint density at radius 2 is 1.75 bits per heavy atom. The van der Waals surface area contributed by atoms with Gasteiger partial charge in [0.1, 0.15) is 18.1 Å². The van der Waals surface area contributed by atoms with E-state index in [-0.39, 0.29) is 12.6 Å². The minimum atomic E-state index is -0.377. The molecule has 0 aliphatic carbocycles. The lowest BCUT2D eigenvalue weighted by Gasteiger charge is -2.11. The largest absolute Gasteiger partial charge is 0.458 e. The van der Waals surface area contributed by atoms with Crippen LogP contribution in [0.25, 0.3) is 6.08 Å². The monoisotopic (exact) mass is 336 g/mol. The Kier molecular flexibility index (Phi) is 5.43. The Morgan fingerprint density at radius 1 is 0.958 bits per heavy atom. The summed E-state index contributed by atoms with van der Waals surface area (Å²) in [5, 5.41) is 1.96. The smallest absolute Gasteiger partial charge is 0.331 e. The first-order valence-electron chi connectivity index (χ1n) is 7.50. The SMILES string of the molecule is O=C(/C=C/c1cccs1)OCc1ccccc1Oc1ccccc1. The van der Waals surface area contributed by atoms with Gasteiger partial charge in [-0.25, -0.2) is 4.79 Å². The molecule has 0 fully saturated rings. The molecule has 4 heteroatoms. The average molecular weight is 336 g/mol. The highest BCUT2D eigenvalue weighted by molar-refractivity contribution is 7.10. The van der Waals surface area contributed by atoms with E-state index in [9.17, 15) is 4.79 Å². The van der Waals surface area contributed by atoms with Crippen molar-refractivity contribution in [2.75, 3.05) is 0 Å². The van der Waals surface area contributed by atoms with Crippen LogP contribution in [-0.4, -0.2) is 5.97 Å². The van der Waals surface area contributed by atoms with E-state index < -0.39 is 0 Å². The first kappa shape index (κ1) is 16.0. The number of carbonyl (C=O) groups excluding carboxylic acids is 1. The molecule has 0 unspecified atom stereocenters. The minimum absolute atomic E-state index is 0.163. The molecule has 0 amide bonds. The summed E-state index contributed by atoms with van der Waals surface area (Å²) in [6, 6.07) is 20.9. The summed E-state index contributed by atoms with van der Waals surface area (Å²) in [5.41, 5.74) is 0.819.